The zero-order valence-electron chi connectivity index (χ0n) is 12.0. The van der Waals surface area contributed by atoms with E-state index in [4.69, 9.17) is 9.47 Å². The number of nitrogens with one attached hydrogen (secondary N) is 1. The van der Waals surface area contributed by atoms with Gasteiger partial charge in [-0.3, -0.25) is 0 Å². The number of rotatable bonds is 3. The second-order valence-electron chi connectivity index (χ2n) is 6.01. The number of carbonyl (C=O) groups excluding carboxylic acids is 1. The Morgan fingerprint density at radius 3 is 2.40 bits per heavy atom. The Morgan fingerprint density at radius 2 is 1.85 bits per heavy atom. The third kappa shape index (κ3) is 4.40. The Kier molecular flexibility index (Phi) is 4.16. The first kappa shape index (κ1) is 14.6. The van der Waals surface area contributed by atoms with Gasteiger partial charge >= 0.3 is 6.09 Å². The van der Waals surface area contributed by atoms with Crippen molar-refractivity contribution in [1.82, 2.24) is 5.32 Å². The molecule has 1 aliphatic rings. The molecule has 1 N–H and O–H groups in total. The van der Waals surface area contributed by atoms with Gasteiger partial charge in [0, 0.05) is 18.9 Å². The molecule has 1 saturated carbocycles. The normalized spacial score (nSPS) is 21.8. The first-order valence-corrected chi connectivity index (χ1v) is 6.73. The summed E-state index contributed by atoms with van der Waals surface area (Å²) in [5.41, 5.74) is -0.488. The Morgan fingerprint density at radius 1 is 1.25 bits per heavy atom. The minimum absolute atomic E-state index is 0.0559. The van der Waals surface area contributed by atoms with E-state index in [1.54, 1.807) is 12.1 Å². The standard InChI is InChI=1S/C15H20FNO3/c1-15(2,3)20-14(18)17-11-8-13(9-11)19-12-6-4-10(16)5-7-12/h4-7,11,13H,8-9H2,1-3H3,(H,17,18). The van der Waals surface area contributed by atoms with Crippen LogP contribution in [0.2, 0.25) is 0 Å². The second-order valence-corrected chi connectivity index (χ2v) is 6.01. The molecule has 4 nitrogen and oxygen atoms in total. The number of carbonyl (C=O) groups is 1. The Labute approximate surface area is 118 Å². The molecule has 0 unspecified atom stereocenters. The van der Waals surface area contributed by atoms with Crippen LogP contribution < -0.4 is 10.1 Å². The Balaban J connectivity index is 1.70. The molecule has 2 rings (SSSR count). The number of alkyl carbamates (subject to hydrolysis) is 1. The molecule has 1 aromatic carbocycles. The minimum Gasteiger partial charge on any atom is -0.490 e. The van der Waals surface area contributed by atoms with Crippen molar-refractivity contribution < 1.29 is 18.7 Å². The van der Waals surface area contributed by atoms with E-state index < -0.39 is 11.7 Å². The fourth-order valence-corrected chi connectivity index (χ4v) is 1.96. The molecule has 0 saturated heterocycles. The molecule has 0 heterocycles. The highest BCUT2D eigenvalue weighted by Crippen LogP contribution is 2.26. The summed E-state index contributed by atoms with van der Waals surface area (Å²) in [5, 5.41) is 2.80. The quantitative estimate of drug-likeness (QED) is 0.925. The average molecular weight is 281 g/mol. The molecule has 0 radical (unpaired) electrons. The number of hydrogen-bond donors (Lipinski definition) is 1. The third-order valence-corrected chi connectivity index (χ3v) is 2.93. The van der Waals surface area contributed by atoms with Gasteiger partial charge in [-0.05, 0) is 45.0 Å². The van der Waals surface area contributed by atoms with Crippen LogP contribution in [0.5, 0.6) is 5.75 Å². The van der Waals surface area contributed by atoms with E-state index in [1.807, 2.05) is 20.8 Å². The third-order valence-electron chi connectivity index (χ3n) is 2.93. The van der Waals surface area contributed by atoms with Crippen LogP contribution in [0.1, 0.15) is 33.6 Å². The summed E-state index contributed by atoms with van der Waals surface area (Å²) in [5.74, 6) is 0.363. The van der Waals surface area contributed by atoms with Gasteiger partial charge in [-0.2, -0.15) is 0 Å². The molecule has 0 spiro atoms. The van der Waals surface area contributed by atoms with E-state index in [-0.39, 0.29) is 18.0 Å². The maximum Gasteiger partial charge on any atom is 0.407 e. The molecule has 0 aliphatic heterocycles. The van der Waals surface area contributed by atoms with Crippen LogP contribution in [0.15, 0.2) is 24.3 Å². The summed E-state index contributed by atoms with van der Waals surface area (Å²) < 4.78 is 23.6. The lowest BCUT2D eigenvalue weighted by Crippen LogP contribution is -2.50. The van der Waals surface area contributed by atoms with Crippen molar-refractivity contribution in [3.63, 3.8) is 0 Å². The molecule has 0 aromatic heterocycles. The fraction of sp³-hybridized carbons (Fsp3) is 0.533. The summed E-state index contributed by atoms with van der Waals surface area (Å²) in [6.07, 6.45) is 1.12. The summed E-state index contributed by atoms with van der Waals surface area (Å²) in [4.78, 5) is 11.5. The van der Waals surface area contributed by atoms with Crippen LogP contribution in [0, 0.1) is 5.82 Å². The summed E-state index contributed by atoms with van der Waals surface area (Å²) in [6, 6.07) is 6.01. The number of amides is 1. The van der Waals surface area contributed by atoms with E-state index >= 15 is 0 Å². The molecule has 0 bridgehead atoms. The van der Waals surface area contributed by atoms with Crippen molar-refractivity contribution in [2.45, 2.75) is 51.4 Å². The molecule has 110 valence electrons. The van der Waals surface area contributed by atoms with Crippen molar-refractivity contribution in [2.24, 2.45) is 0 Å². The van der Waals surface area contributed by atoms with Gasteiger partial charge in [0.05, 0.1) is 0 Å². The van der Waals surface area contributed by atoms with Crippen molar-refractivity contribution in [2.75, 3.05) is 0 Å². The summed E-state index contributed by atoms with van der Waals surface area (Å²) in [6.45, 7) is 5.48. The molecule has 1 aliphatic carbocycles. The molecule has 0 atom stereocenters. The zero-order chi connectivity index (χ0) is 14.8. The predicted molar refractivity (Wildman–Crippen MR) is 73.2 cm³/mol. The van der Waals surface area contributed by atoms with Gasteiger partial charge < -0.3 is 14.8 Å². The van der Waals surface area contributed by atoms with Crippen molar-refractivity contribution in [1.29, 1.82) is 0 Å². The summed E-state index contributed by atoms with van der Waals surface area (Å²) in [7, 11) is 0. The van der Waals surface area contributed by atoms with E-state index in [2.05, 4.69) is 5.32 Å². The first-order chi connectivity index (χ1) is 9.32. The van der Waals surface area contributed by atoms with E-state index in [0.29, 0.717) is 5.75 Å². The van der Waals surface area contributed by atoms with E-state index in [0.717, 1.165) is 12.8 Å². The van der Waals surface area contributed by atoms with Crippen molar-refractivity contribution >= 4 is 6.09 Å². The van der Waals surface area contributed by atoms with Gasteiger partial charge in [-0.15, -0.1) is 0 Å². The zero-order valence-corrected chi connectivity index (χ0v) is 12.0. The fourth-order valence-electron chi connectivity index (χ4n) is 1.96. The van der Waals surface area contributed by atoms with Crippen LogP contribution in [-0.4, -0.2) is 23.8 Å². The second kappa shape index (κ2) is 5.69. The Hall–Kier alpha value is -1.78. The van der Waals surface area contributed by atoms with Gasteiger partial charge in [-0.25, -0.2) is 9.18 Å². The predicted octanol–water partition coefficient (Wildman–Crippen LogP) is 3.26. The number of ether oxygens (including phenoxy) is 2. The molecular formula is C15H20FNO3. The monoisotopic (exact) mass is 281 g/mol. The van der Waals surface area contributed by atoms with E-state index in [9.17, 15) is 9.18 Å². The van der Waals surface area contributed by atoms with Crippen LogP contribution >= 0.6 is 0 Å². The van der Waals surface area contributed by atoms with Crippen molar-refractivity contribution in [3.05, 3.63) is 30.1 Å². The average Bonchev–Trinajstić information content (AvgIpc) is 2.26. The Bertz CT molecular complexity index is 461. The summed E-state index contributed by atoms with van der Waals surface area (Å²) >= 11 is 0. The number of hydrogen-bond acceptors (Lipinski definition) is 3. The maximum absolute atomic E-state index is 12.7. The maximum atomic E-state index is 12.7. The molecule has 20 heavy (non-hydrogen) atoms. The van der Waals surface area contributed by atoms with Gasteiger partial charge in [0.25, 0.3) is 0 Å². The molecule has 5 heteroatoms. The highest BCUT2D eigenvalue weighted by molar-refractivity contribution is 5.68. The molecular weight excluding hydrogens is 261 g/mol. The lowest BCUT2D eigenvalue weighted by atomic mass is 9.89. The molecule has 1 aromatic rings. The van der Waals surface area contributed by atoms with Crippen LogP contribution in [-0.2, 0) is 4.74 Å². The van der Waals surface area contributed by atoms with Gasteiger partial charge in [-0.1, -0.05) is 0 Å². The van der Waals surface area contributed by atoms with Gasteiger partial charge in [0.15, 0.2) is 0 Å². The smallest absolute Gasteiger partial charge is 0.407 e. The first-order valence-electron chi connectivity index (χ1n) is 6.73. The molecule has 1 amide bonds. The van der Waals surface area contributed by atoms with Crippen molar-refractivity contribution in [3.8, 4) is 5.75 Å². The lowest BCUT2D eigenvalue weighted by molar-refractivity contribution is 0.0362. The number of benzene rings is 1. The minimum atomic E-state index is -0.488. The van der Waals surface area contributed by atoms with Crippen LogP contribution in [0.3, 0.4) is 0 Å². The lowest BCUT2D eigenvalue weighted by Gasteiger charge is -2.36. The van der Waals surface area contributed by atoms with Crippen LogP contribution in [0.4, 0.5) is 9.18 Å². The SMILES string of the molecule is CC(C)(C)OC(=O)NC1CC(Oc2ccc(F)cc2)C1. The van der Waals surface area contributed by atoms with Crippen LogP contribution in [0.25, 0.3) is 0 Å². The van der Waals surface area contributed by atoms with E-state index in [1.165, 1.54) is 12.1 Å². The van der Waals surface area contributed by atoms with Gasteiger partial charge in [0.2, 0.25) is 0 Å². The topological polar surface area (TPSA) is 47.6 Å². The molecule has 1 fully saturated rings. The number of halogens is 1. The highest BCUT2D eigenvalue weighted by Gasteiger charge is 2.33. The largest absolute Gasteiger partial charge is 0.490 e. The highest BCUT2D eigenvalue weighted by atomic mass is 19.1. The van der Waals surface area contributed by atoms with Gasteiger partial charge in [0.1, 0.15) is 23.3 Å².